The lowest BCUT2D eigenvalue weighted by Gasteiger charge is -2.11. The number of carbonyl (C=O) groups excluding carboxylic acids is 2. The molecule has 5 heteroatoms. The molecule has 152 valence electrons. The van der Waals surface area contributed by atoms with E-state index in [1.807, 2.05) is 69.3 Å². The van der Waals surface area contributed by atoms with Gasteiger partial charge in [-0.3, -0.25) is 9.59 Å². The number of hydrogen-bond donors (Lipinski definition) is 2. The van der Waals surface area contributed by atoms with Crippen molar-refractivity contribution in [2.45, 2.75) is 20.8 Å². The van der Waals surface area contributed by atoms with Gasteiger partial charge in [-0.05, 0) is 54.8 Å². The van der Waals surface area contributed by atoms with Gasteiger partial charge in [0.25, 0.3) is 11.8 Å². The van der Waals surface area contributed by atoms with Crippen LogP contribution in [0.2, 0.25) is 0 Å². The van der Waals surface area contributed by atoms with Crippen molar-refractivity contribution in [1.29, 1.82) is 0 Å². The number of rotatable bonds is 6. The Bertz CT molecular complexity index is 1060. The normalized spacial score (nSPS) is 11.3. The van der Waals surface area contributed by atoms with Gasteiger partial charge >= 0.3 is 0 Å². The van der Waals surface area contributed by atoms with Crippen molar-refractivity contribution in [2.75, 3.05) is 5.32 Å². The van der Waals surface area contributed by atoms with Crippen LogP contribution in [0.3, 0.4) is 0 Å². The fourth-order valence-corrected chi connectivity index (χ4v) is 3.01. The maximum Gasteiger partial charge on any atom is 0.271 e. The van der Waals surface area contributed by atoms with Gasteiger partial charge in [-0.2, -0.15) is 5.10 Å². The molecule has 0 aliphatic carbocycles. The molecule has 0 atom stereocenters. The summed E-state index contributed by atoms with van der Waals surface area (Å²) < 4.78 is 0. The first kappa shape index (κ1) is 21.0. The third-order valence-corrected chi connectivity index (χ3v) is 4.58. The van der Waals surface area contributed by atoms with Gasteiger partial charge in [-0.25, -0.2) is 5.43 Å². The predicted molar refractivity (Wildman–Crippen MR) is 121 cm³/mol. The summed E-state index contributed by atoms with van der Waals surface area (Å²) >= 11 is 0. The minimum Gasteiger partial charge on any atom is -0.322 e. The first-order chi connectivity index (χ1) is 14.4. The van der Waals surface area contributed by atoms with E-state index < -0.39 is 0 Å². The summed E-state index contributed by atoms with van der Waals surface area (Å²) in [6.45, 7) is 6.00. The topological polar surface area (TPSA) is 70.6 Å². The molecular weight excluding hydrogens is 374 g/mol. The predicted octanol–water partition coefficient (Wildman–Crippen LogP) is 5.04. The van der Waals surface area contributed by atoms with E-state index in [4.69, 9.17) is 0 Å². The monoisotopic (exact) mass is 399 g/mol. The van der Waals surface area contributed by atoms with Crippen molar-refractivity contribution < 1.29 is 9.59 Å². The van der Waals surface area contributed by atoms with Crippen LogP contribution in [0.1, 0.15) is 45.7 Å². The molecule has 3 rings (SSSR count). The number of amides is 2. The standard InChI is InChI=1S/C25H25N3O2/c1-17(2)23(19-9-5-4-6-10-19)27-28-25(30)20-12-14-22(15-13-20)26-24(29)21-11-7-8-18(3)16-21/h4-17H,1-3H3,(H,26,29)(H,28,30). The number of aryl methyl sites for hydroxylation is 1. The van der Waals surface area contributed by atoms with Crippen LogP contribution in [0.4, 0.5) is 5.69 Å². The molecule has 0 heterocycles. The zero-order chi connectivity index (χ0) is 21.5. The number of hydrogen-bond acceptors (Lipinski definition) is 3. The molecule has 0 radical (unpaired) electrons. The Morgan fingerprint density at radius 2 is 1.43 bits per heavy atom. The second-order valence-corrected chi connectivity index (χ2v) is 7.36. The van der Waals surface area contributed by atoms with E-state index in [9.17, 15) is 9.59 Å². The van der Waals surface area contributed by atoms with Crippen LogP contribution in [0.5, 0.6) is 0 Å². The first-order valence-electron chi connectivity index (χ1n) is 9.85. The molecule has 5 nitrogen and oxygen atoms in total. The van der Waals surface area contributed by atoms with Crippen molar-refractivity contribution in [3.05, 3.63) is 101 Å². The number of anilines is 1. The van der Waals surface area contributed by atoms with E-state index in [0.29, 0.717) is 16.8 Å². The zero-order valence-electron chi connectivity index (χ0n) is 17.3. The highest BCUT2D eigenvalue weighted by Gasteiger charge is 2.11. The summed E-state index contributed by atoms with van der Waals surface area (Å²) in [7, 11) is 0. The van der Waals surface area contributed by atoms with Gasteiger partial charge in [0.2, 0.25) is 0 Å². The molecule has 0 saturated carbocycles. The van der Waals surface area contributed by atoms with Crippen LogP contribution in [-0.4, -0.2) is 17.5 Å². The molecule has 30 heavy (non-hydrogen) atoms. The van der Waals surface area contributed by atoms with E-state index in [2.05, 4.69) is 15.8 Å². The Balaban J connectivity index is 1.67. The summed E-state index contributed by atoms with van der Waals surface area (Å²) in [4.78, 5) is 24.8. The summed E-state index contributed by atoms with van der Waals surface area (Å²) in [5.74, 6) is -0.336. The highest BCUT2D eigenvalue weighted by Crippen LogP contribution is 2.13. The van der Waals surface area contributed by atoms with Gasteiger partial charge in [0.15, 0.2) is 0 Å². The smallest absolute Gasteiger partial charge is 0.271 e. The lowest BCUT2D eigenvalue weighted by Crippen LogP contribution is -2.22. The van der Waals surface area contributed by atoms with Gasteiger partial charge in [0.05, 0.1) is 5.71 Å². The molecular formula is C25H25N3O2. The van der Waals surface area contributed by atoms with Crippen LogP contribution in [-0.2, 0) is 0 Å². The molecule has 0 aliphatic heterocycles. The number of nitrogens with zero attached hydrogens (tertiary/aromatic N) is 1. The van der Waals surface area contributed by atoms with Crippen LogP contribution in [0, 0.1) is 12.8 Å². The molecule has 2 amide bonds. The van der Waals surface area contributed by atoms with Crippen LogP contribution >= 0.6 is 0 Å². The molecule has 0 bridgehead atoms. The second kappa shape index (κ2) is 9.65. The average molecular weight is 399 g/mol. The Hall–Kier alpha value is -3.73. The van der Waals surface area contributed by atoms with Crippen LogP contribution in [0.25, 0.3) is 0 Å². The highest BCUT2D eigenvalue weighted by molar-refractivity contribution is 6.05. The summed E-state index contributed by atoms with van der Waals surface area (Å²) in [5.41, 5.74) is 7.11. The fraction of sp³-hybridized carbons (Fsp3) is 0.160. The van der Waals surface area contributed by atoms with Crippen molar-refractivity contribution in [3.8, 4) is 0 Å². The number of benzene rings is 3. The van der Waals surface area contributed by atoms with Gasteiger partial charge in [-0.15, -0.1) is 0 Å². The zero-order valence-corrected chi connectivity index (χ0v) is 17.3. The number of nitrogens with one attached hydrogen (secondary N) is 2. The van der Waals surface area contributed by atoms with Crippen LogP contribution < -0.4 is 10.7 Å². The first-order valence-corrected chi connectivity index (χ1v) is 9.85. The molecule has 2 N–H and O–H groups in total. The number of carbonyl (C=O) groups is 2. The molecule has 3 aromatic rings. The Morgan fingerprint density at radius 1 is 0.767 bits per heavy atom. The lowest BCUT2D eigenvalue weighted by molar-refractivity contribution is 0.0954. The minimum atomic E-state index is -0.305. The maximum atomic E-state index is 12.5. The summed E-state index contributed by atoms with van der Waals surface area (Å²) in [6.07, 6.45) is 0. The van der Waals surface area contributed by atoms with Crippen molar-refractivity contribution in [1.82, 2.24) is 5.43 Å². The molecule has 0 aliphatic rings. The van der Waals surface area contributed by atoms with E-state index in [1.54, 1.807) is 30.3 Å². The molecule has 0 aromatic heterocycles. The SMILES string of the molecule is Cc1cccc(C(=O)Nc2ccc(C(=O)NN=C(c3ccccc3)C(C)C)cc2)c1. The lowest BCUT2D eigenvalue weighted by atomic mass is 10.0. The van der Waals surface area contributed by atoms with Crippen molar-refractivity contribution in [3.63, 3.8) is 0 Å². The van der Waals surface area contributed by atoms with Gasteiger partial charge < -0.3 is 5.32 Å². The largest absolute Gasteiger partial charge is 0.322 e. The van der Waals surface area contributed by atoms with E-state index >= 15 is 0 Å². The summed E-state index contributed by atoms with van der Waals surface area (Å²) in [5, 5.41) is 7.18. The van der Waals surface area contributed by atoms with Gasteiger partial charge in [-0.1, -0.05) is 61.9 Å². The van der Waals surface area contributed by atoms with Crippen molar-refractivity contribution >= 4 is 23.2 Å². The Labute approximate surface area is 176 Å². The molecule has 0 spiro atoms. The molecule has 0 fully saturated rings. The average Bonchev–Trinajstić information content (AvgIpc) is 2.75. The second-order valence-electron chi connectivity index (χ2n) is 7.36. The minimum absolute atomic E-state index is 0.159. The maximum absolute atomic E-state index is 12.5. The fourth-order valence-electron chi connectivity index (χ4n) is 3.01. The van der Waals surface area contributed by atoms with Gasteiger partial charge in [0.1, 0.15) is 0 Å². The molecule has 0 unspecified atom stereocenters. The Morgan fingerprint density at radius 3 is 2.07 bits per heavy atom. The van der Waals surface area contributed by atoms with E-state index in [1.165, 1.54) is 0 Å². The third-order valence-electron chi connectivity index (χ3n) is 4.58. The van der Waals surface area contributed by atoms with E-state index in [-0.39, 0.29) is 17.7 Å². The highest BCUT2D eigenvalue weighted by atomic mass is 16.2. The molecule has 0 saturated heterocycles. The molecule has 3 aromatic carbocycles. The quantitative estimate of drug-likeness (QED) is 0.450. The van der Waals surface area contributed by atoms with Crippen LogP contribution in [0.15, 0.2) is 84.0 Å². The van der Waals surface area contributed by atoms with Gasteiger partial charge in [0, 0.05) is 16.8 Å². The third kappa shape index (κ3) is 5.41. The van der Waals surface area contributed by atoms with E-state index in [0.717, 1.165) is 16.8 Å². The Kier molecular flexibility index (Phi) is 6.75. The van der Waals surface area contributed by atoms with Crippen molar-refractivity contribution in [2.24, 2.45) is 11.0 Å². The number of hydrazone groups is 1. The summed E-state index contributed by atoms with van der Waals surface area (Å²) in [6, 6.07) is 23.9.